The summed E-state index contributed by atoms with van der Waals surface area (Å²) in [6, 6.07) is 11.2. The fraction of sp³-hybridized carbons (Fsp3) is 0.421. The van der Waals surface area contributed by atoms with Crippen molar-refractivity contribution in [3.05, 3.63) is 52.5 Å². The van der Waals surface area contributed by atoms with Crippen molar-refractivity contribution in [2.75, 3.05) is 26.2 Å². The molecule has 7 heteroatoms. The van der Waals surface area contributed by atoms with Gasteiger partial charge in [-0.25, -0.2) is 4.98 Å². The number of hydrogen-bond donors (Lipinski definition) is 0. The van der Waals surface area contributed by atoms with Gasteiger partial charge in [0.2, 0.25) is 0 Å². The van der Waals surface area contributed by atoms with Crippen LogP contribution in [0.3, 0.4) is 0 Å². The molecule has 138 valence electrons. The van der Waals surface area contributed by atoms with E-state index in [1.54, 1.807) is 29.5 Å². The van der Waals surface area contributed by atoms with Crippen molar-refractivity contribution in [1.29, 1.82) is 0 Å². The van der Waals surface area contributed by atoms with E-state index < -0.39 is 6.55 Å². The van der Waals surface area contributed by atoms with Gasteiger partial charge in [-0.05, 0) is 30.5 Å². The zero-order valence-corrected chi connectivity index (χ0v) is 15.5. The van der Waals surface area contributed by atoms with Crippen LogP contribution < -0.4 is 0 Å². The number of rotatable bonds is 5. The highest BCUT2D eigenvalue weighted by Crippen LogP contribution is 2.30. The number of thiophene rings is 1. The molecular formula is C19H22F2N4S. The van der Waals surface area contributed by atoms with Gasteiger partial charge in [0.25, 0.3) is 0 Å². The van der Waals surface area contributed by atoms with Gasteiger partial charge in [-0.3, -0.25) is 14.4 Å². The molecule has 0 bridgehead atoms. The number of imidazole rings is 1. The molecule has 1 aliphatic heterocycles. The normalized spacial score (nSPS) is 18.0. The molecule has 0 spiro atoms. The van der Waals surface area contributed by atoms with Gasteiger partial charge < -0.3 is 0 Å². The van der Waals surface area contributed by atoms with Gasteiger partial charge >= 0.3 is 6.55 Å². The predicted molar refractivity (Wildman–Crippen MR) is 101 cm³/mol. The number of benzene rings is 1. The minimum atomic E-state index is -2.58. The molecule has 0 N–H and O–H groups in total. The second kappa shape index (κ2) is 7.42. The molecular weight excluding hydrogens is 354 g/mol. The first kappa shape index (κ1) is 17.6. The Morgan fingerprint density at radius 3 is 2.54 bits per heavy atom. The average Bonchev–Trinajstić information content (AvgIpc) is 3.29. The van der Waals surface area contributed by atoms with Crippen LogP contribution in [-0.2, 0) is 6.54 Å². The summed E-state index contributed by atoms with van der Waals surface area (Å²) in [5.74, 6) is 0.452. The molecule has 0 aliphatic carbocycles. The van der Waals surface area contributed by atoms with E-state index in [1.165, 1.54) is 4.88 Å². The van der Waals surface area contributed by atoms with Crippen molar-refractivity contribution >= 4 is 22.4 Å². The molecule has 0 saturated carbocycles. The highest BCUT2D eigenvalue weighted by atomic mass is 32.1. The van der Waals surface area contributed by atoms with Gasteiger partial charge in [0.1, 0.15) is 5.82 Å². The maximum absolute atomic E-state index is 13.7. The quantitative estimate of drug-likeness (QED) is 0.661. The second-order valence-corrected chi connectivity index (χ2v) is 7.71. The summed E-state index contributed by atoms with van der Waals surface area (Å²) in [7, 11) is 0. The summed E-state index contributed by atoms with van der Waals surface area (Å²) in [6.45, 7) is 3.97. The lowest BCUT2D eigenvalue weighted by Crippen LogP contribution is -2.47. The van der Waals surface area contributed by atoms with E-state index in [2.05, 4.69) is 32.3 Å². The van der Waals surface area contributed by atoms with Crippen molar-refractivity contribution in [3.8, 4) is 0 Å². The number of nitrogens with zero attached hydrogens (tertiary/aromatic N) is 4. The number of para-hydroxylation sites is 2. The Hall–Kier alpha value is -1.83. The first-order valence-electron chi connectivity index (χ1n) is 8.87. The van der Waals surface area contributed by atoms with Gasteiger partial charge in [0.05, 0.1) is 17.1 Å². The summed E-state index contributed by atoms with van der Waals surface area (Å²) in [5.41, 5.74) is 1.13. The van der Waals surface area contributed by atoms with Crippen molar-refractivity contribution in [2.24, 2.45) is 0 Å². The smallest absolute Gasteiger partial charge is 0.296 e. The number of alkyl halides is 2. The number of hydrogen-bond acceptors (Lipinski definition) is 4. The lowest BCUT2D eigenvalue weighted by atomic mass is 10.2. The van der Waals surface area contributed by atoms with E-state index in [1.807, 2.05) is 13.0 Å². The van der Waals surface area contributed by atoms with Crippen molar-refractivity contribution in [3.63, 3.8) is 0 Å². The molecule has 0 radical (unpaired) electrons. The van der Waals surface area contributed by atoms with Gasteiger partial charge in [0, 0.05) is 37.6 Å². The van der Waals surface area contributed by atoms with E-state index in [0.29, 0.717) is 16.9 Å². The van der Waals surface area contributed by atoms with Crippen molar-refractivity contribution in [2.45, 2.75) is 26.1 Å². The third-order valence-corrected chi connectivity index (χ3v) is 5.97. The maximum Gasteiger partial charge on any atom is 0.320 e. The molecule has 1 atom stereocenters. The average molecular weight is 376 g/mol. The summed E-state index contributed by atoms with van der Waals surface area (Å²) < 4.78 is 28.5. The Bertz CT molecular complexity index is 854. The highest BCUT2D eigenvalue weighted by Gasteiger charge is 2.28. The fourth-order valence-electron chi connectivity index (χ4n) is 3.66. The lowest BCUT2D eigenvalue weighted by Gasteiger charge is -2.37. The lowest BCUT2D eigenvalue weighted by molar-refractivity contribution is 0.0559. The molecule has 26 heavy (non-hydrogen) atoms. The molecule has 2 aromatic heterocycles. The SMILES string of the molecule is C[C@@H](c1nc2ccccc2n1C(F)F)N1CCN(Cc2cccs2)CC1. The minimum Gasteiger partial charge on any atom is -0.296 e. The maximum atomic E-state index is 13.7. The van der Waals surface area contributed by atoms with Crippen molar-refractivity contribution in [1.82, 2.24) is 19.4 Å². The van der Waals surface area contributed by atoms with Crippen LogP contribution in [0.2, 0.25) is 0 Å². The van der Waals surface area contributed by atoms with Crippen LogP contribution in [0.5, 0.6) is 0 Å². The predicted octanol–water partition coefficient (Wildman–Crippen LogP) is 4.37. The standard InChI is InChI=1S/C19H22F2N4S/c1-14(18-22-16-6-2-3-7-17(16)25(18)19(20)21)24-10-8-23(9-11-24)13-15-5-4-12-26-15/h2-7,12,14,19H,8-11,13H2,1H3/t14-/m0/s1. The van der Waals surface area contributed by atoms with Crippen LogP contribution in [0, 0.1) is 0 Å². The molecule has 0 amide bonds. The van der Waals surface area contributed by atoms with Crippen LogP contribution in [0.1, 0.15) is 30.2 Å². The number of piperazine rings is 1. The van der Waals surface area contributed by atoms with Crippen LogP contribution in [-0.4, -0.2) is 45.5 Å². The third-order valence-electron chi connectivity index (χ3n) is 5.11. The van der Waals surface area contributed by atoms with Gasteiger partial charge in [-0.15, -0.1) is 11.3 Å². The van der Waals surface area contributed by atoms with Crippen LogP contribution in [0.25, 0.3) is 11.0 Å². The Morgan fingerprint density at radius 1 is 1.08 bits per heavy atom. The van der Waals surface area contributed by atoms with E-state index >= 15 is 0 Å². The zero-order valence-electron chi connectivity index (χ0n) is 14.7. The Balaban J connectivity index is 1.49. The summed E-state index contributed by atoms with van der Waals surface area (Å²) >= 11 is 1.78. The van der Waals surface area contributed by atoms with Gasteiger partial charge in [-0.2, -0.15) is 8.78 Å². The number of halogens is 2. The third kappa shape index (κ3) is 3.39. The van der Waals surface area contributed by atoms with E-state index in [0.717, 1.165) is 37.3 Å². The van der Waals surface area contributed by atoms with E-state index in [4.69, 9.17) is 0 Å². The fourth-order valence-corrected chi connectivity index (χ4v) is 4.40. The monoisotopic (exact) mass is 376 g/mol. The van der Waals surface area contributed by atoms with Crippen LogP contribution in [0.15, 0.2) is 41.8 Å². The molecule has 1 aliphatic rings. The highest BCUT2D eigenvalue weighted by molar-refractivity contribution is 7.09. The van der Waals surface area contributed by atoms with Gasteiger partial charge in [-0.1, -0.05) is 18.2 Å². The molecule has 1 saturated heterocycles. The zero-order chi connectivity index (χ0) is 18.1. The summed E-state index contributed by atoms with van der Waals surface area (Å²) in [4.78, 5) is 10.6. The Labute approximate surface area is 155 Å². The topological polar surface area (TPSA) is 24.3 Å². The minimum absolute atomic E-state index is 0.139. The molecule has 4 nitrogen and oxygen atoms in total. The van der Waals surface area contributed by atoms with Gasteiger partial charge in [0.15, 0.2) is 0 Å². The molecule has 1 aromatic carbocycles. The first-order chi connectivity index (χ1) is 12.6. The number of fused-ring (bicyclic) bond motifs is 1. The van der Waals surface area contributed by atoms with Crippen LogP contribution >= 0.6 is 11.3 Å². The van der Waals surface area contributed by atoms with Crippen LogP contribution in [0.4, 0.5) is 8.78 Å². The Morgan fingerprint density at radius 2 is 1.85 bits per heavy atom. The molecule has 3 heterocycles. The van der Waals surface area contributed by atoms with E-state index in [-0.39, 0.29) is 6.04 Å². The Kier molecular flexibility index (Phi) is 5.02. The second-order valence-electron chi connectivity index (χ2n) is 6.67. The molecule has 4 rings (SSSR count). The number of aromatic nitrogens is 2. The summed E-state index contributed by atoms with van der Waals surface area (Å²) in [5, 5.41) is 2.10. The molecule has 0 unspecified atom stereocenters. The van der Waals surface area contributed by atoms with E-state index in [9.17, 15) is 8.78 Å². The summed E-state index contributed by atoms with van der Waals surface area (Å²) in [6.07, 6.45) is 0. The molecule has 1 fully saturated rings. The largest absolute Gasteiger partial charge is 0.320 e. The van der Waals surface area contributed by atoms with Crippen molar-refractivity contribution < 1.29 is 8.78 Å². The molecule has 3 aromatic rings. The first-order valence-corrected chi connectivity index (χ1v) is 9.75.